The van der Waals surface area contributed by atoms with Crippen LogP contribution in [0, 0.1) is 11.6 Å². The van der Waals surface area contributed by atoms with Gasteiger partial charge in [0.25, 0.3) is 0 Å². The van der Waals surface area contributed by atoms with Gasteiger partial charge in [-0.15, -0.1) is 0 Å². The maximum absolute atomic E-state index is 13.6. The van der Waals surface area contributed by atoms with Crippen molar-refractivity contribution in [2.24, 2.45) is 5.73 Å². The summed E-state index contributed by atoms with van der Waals surface area (Å²) in [5, 5.41) is 26.3. The first-order valence-corrected chi connectivity index (χ1v) is 5.02. The minimum atomic E-state index is -2.14. The molecule has 0 amide bonds. The molecule has 0 radical (unpaired) electrons. The minimum Gasteiger partial charge on any atom is -0.480 e. The molecule has 1 rings (SSSR count). The molecule has 1 aromatic rings. The molecule has 0 fully saturated rings. The molecule has 0 aromatic heterocycles. The van der Waals surface area contributed by atoms with Crippen LogP contribution < -0.4 is 11.2 Å². The summed E-state index contributed by atoms with van der Waals surface area (Å²) in [6.45, 7) is 1.17. The van der Waals surface area contributed by atoms with Crippen LogP contribution >= 0.6 is 0 Å². The fourth-order valence-corrected chi connectivity index (χ4v) is 1.41. The molecule has 98 valence electrons. The predicted molar refractivity (Wildman–Crippen MR) is 60.1 cm³/mol. The molecule has 1 unspecified atom stereocenters. The van der Waals surface area contributed by atoms with E-state index in [2.05, 4.69) is 0 Å². The van der Waals surface area contributed by atoms with E-state index in [9.17, 15) is 13.6 Å². The second kappa shape index (κ2) is 5.01. The maximum Gasteiger partial charge on any atom is 0.491 e. The molecule has 0 saturated carbocycles. The summed E-state index contributed by atoms with van der Waals surface area (Å²) in [5.74, 6) is -4.12. The second-order valence-corrected chi connectivity index (χ2v) is 4.21. The summed E-state index contributed by atoms with van der Waals surface area (Å²) in [6.07, 6.45) is -0.424. The molecule has 0 bridgehead atoms. The Kier molecular flexibility index (Phi) is 4.05. The molecule has 0 spiro atoms. The number of halogens is 2. The van der Waals surface area contributed by atoms with Gasteiger partial charge in [-0.1, -0.05) is 12.1 Å². The van der Waals surface area contributed by atoms with Crippen LogP contribution in [0.1, 0.15) is 12.5 Å². The lowest BCUT2D eigenvalue weighted by Gasteiger charge is -2.19. The minimum absolute atomic E-state index is 0.246. The highest BCUT2D eigenvalue weighted by molar-refractivity contribution is 6.58. The van der Waals surface area contributed by atoms with Crippen molar-refractivity contribution in [2.75, 3.05) is 0 Å². The monoisotopic (exact) mass is 259 g/mol. The molecule has 1 aromatic carbocycles. The normalized spacial score (nSPS) is 14.1. The lowest BCUT2D eigenvalue weighted by atomic mass is 9.78. The highest BCUT2D eigenvalue weighted by atomic mass is 19.2. The van der Waals surface area contributed by atoms with E-state index in [0.29, 0.717) is 0 Å². The third-order valence-corrected chi connectivity index (χ3v) is 2.52. The van der Waals surface area contributed by atoms with Gasteiger partial charge in [0, 0.05) is 11.9 Å². The van der Waals surface area contributed by atoms with Crippen molar-refractivity contribution in [1.82, 2.24) is 0 Å². The summed E-state index contributed by atoms with van der Waals surface area (Å²) in [7, 11) is -2.14. The fourth-order valence-electron chi connectivity index (χ4n) is 1.41. The van der Waals surface area contributed by atoms with Crippen molar-refractivity contribution in [2.45, 2.75) is 18.9 Å². The van der Waals surface area contributed by atoms with Crippen LogP contribution in [0.5, 0.6) is 0 Å². The van der Waals surface area contributed by atoms with Crippen molar-refractivity contribution in [3.8, 4) is 0 Å². The molecule has 0 aliphatic carbocycles. The van der Waals surface area contributed by atoms with E-state index in [1.54, 1.807) is 0 Å². The van der Waals surface area contributed by atoms with Gasteiger partial charge in [0.15, 0.2) is 11.6 Å². The number of rotatable bonds is 4. The molecule has 5 nitrogen and oxygen atoms in total. The Balaban J connectivity index is 3.14. The Bertz CT molecular complexity index is 479. The van der Waals surface area contributed by atoms with Gasteiger partial charge >= 0.3 is 13.1 Å². The highest BCUT2D eigenvalue weighted by Crippen LogP contribution is 2.16. The van der Waals surface area contributed by atoms with Crippen molar-refractivity contribution < 1.29 is 28.7 Å². The van der Waals surface area contributed by atoms with Gasteiger partial charge in [0.1, 0.15) is 5.54 Å². The van der Waals surface area contributed by atoms with E-state index in [1.165, 1.54) is 6.92 Å². The molecule has 0 aliphatic heterocycles. The van der Waals surface area contributed by atoms with Crippen LogP contribution in [0.15, 0.2) is 12.1 Å². The maximum atomic E-state index is 13.6. The third-order valence-electron chi connectivity index (χ3n) is 2.52. The van der Waals surface area contributed by atoms with Crippen molar-refractivity contribution in [3.63, 3.8) is 0 Å². The van der Waals surface area contributed by atoms with Gasteiger partial charge < -0.3 is 20.9 Å². The van der Waals surface area contributed by atoms with Crippen LogP contribution in [0.3, 0.4) is 0 Å². The lowest BCUT2D eigenvalue weighted by molar-refractivity contribution is -0.142. The third kappa shape index (κ3) is 2.84. The Hall–Kier alpha value is -1.51. The molecule has 8 heteroatoms. The number of carboxylic acids is 1. The van der Waals surface area contributed by atoms with E-state index < -0.39 is 42.1 Å². The van der Waals surface area contributed by atoms with Crippen molar-refractivity contribution in [1.29, 1.82) is 0 Å². The fraction of sp³-hybridized carbons (Fsp3) is 0.300. The van der Waals surface area contributed by atoms with E-state index >= 15 is 0 Å². The molecule has 18 heavy (non-hydrogen) atoms. The van der Waals surface area contributed by atoms with E-state index in [4.69, 9.17) is 20.9 Å². The van der Waals surface area contributed by atoms with Gasteiger partial charge in [-0.05, 0) is 12.5 Å². The smallest absolute Gasteiger partial charge is 0.480 e. The average Bonchev–Trinajstić information content (AvgIpc) is 2.24. The first-order valence-electron chi connectivity index (χ1n) is 5.02. The molecule has 1 atom stereocenters. The zero-order chi connectivity index (χ0) is 14.1. The summed E-state index contributed by atoms with van der Waals surface area (Å²) in [4.78, 5) is 10.8. The quantitative estimate of drug-likeness (QED) is 0.518. The van der Waals surface area contributed by atoms with Crippen LogP contribution in [0.2, 0.25) is 0 Å². The largest absolute Gasteiger partial charge is 0.491 e. The lowest BCUT2D eigenvalue weighted by Crippen LogP contribution is -2.47. The Morgan fingerprint density at radius 2 is 1.94 bits per heavy atom. The molecule has 0 saturated heterocycles. The van der Waals surface area contributed by atoms with Gasteiger partial charge in [-0.3, -0.25) is 4.79 Å². The molecule has 5 N–H and O–H groups in total. The van der Waals surface area contributed by atoms with E-state index in [-0.39, 0.29) is 5.56 Å². The molecular weight excluding hydrogens is 247 g/mol. The summed E-state index contributed by atoms with van der Waals surface area (Å²) >= 11 is 0. The summed E-state index contributed by atoms with van der Waals surface area (Å²) in [6, 6.07) is 2.04. The highest BCUT2D eigenvalue weighted by Gasteiger charge is 2.31. The topological polar surface area (TPSA) is 104 Å². The summed E-state index contributed by atoms with van der Waals surface area (Å²) < 4.78 is 27.0. The standard InChI is InChI=1S/C10H12BF2NO4/c1-10(14,9(15)16)4-5-2-3-6(11(17)18)8(13)7(5)12/h2-3,17-18H,4,14H2,1H3,(H,15,16). The molecule has 0 heterocycles. The van der Waals surface area contributed by atoms with Gasteiger partial charge in [0.05, 0.1) is 0 Å². The SMILES string of the molecule is CC(N)(Cc1ccc(B(O)O)c(F)c1F)C(=O)O. The number of aliphatic carboxylic acids is 1. The average molecular weight is 259 g/mol. The van der Waals surface area contributed by atoms with Gasteiger partial charge in [-0.25, -0.2) is 8.78 Å². The number of hydrogen-bond acceptors (Lipinski definition) is 4. The number of carboxylic acid groups (broad SMARTS) is 1. The van der Waals surface area contributed by atoms with E-state index in [0.717, 1.165) is 12.1 Å². The van der Waals surface area contributed by atoms with Crippen molar-refractivity contribution >= 4 is 18.6 Å². The Labute approximate surface area is 102 Å². The van der Waals surface area contributed by atoms with Crippen LogP contribution in [-0.4, -0.2) is 33.8 Å². The van der Waals surface area contributed by atoms with Crippen LogP contribution in [0.4, 0.5) is 8.78 Å². The number of carbonyl (C=O) groups is 1. The van der Waals surface area contributed by atoms with Gasteiger partial charge in [0.2, 0.25) is 0 Å². The summed E-state index contributed by atoms with van der Waals surface area (Å²) in [5.41, 5.74) is 2.81. The zero-order valence-electron chi connectivity index (χ0n) is 9.52. The first kappa shape index (κ1) is 14.6. The number of hydrogen-bond donors (Lipinski definition) is 4. The predicted octanol–water partition coefficient (Wildman–Crippen LogP) is -1.01. The number of nitrogens with two attached hydrogens (primary N) is 1. The van der Waals surface area contributed by atoms with Gasteiger partial charge in [-0.2, -0.15) is 0 Å². The van der Waals surface area contributed by atoms with Crippen LogP contribution in [-0.2, 0) is 11.2 Å². The second-order valence-electron chi connectivity index (χ2n) is 4.21. The molecular formula is C10H12BF2NO4. The molecule has 0 aliphatic rings. The van der Waals surface area contributed by atoms with Crippen LogP contribution in [0.25, 0.3) is 0 Å². The van der Waals surface area contributed by atoms with E-state index in [1.807, 2.05) is 0 Å². The Morgan fingerprint density at radius 3 is 2.39 bits per heavy atom. The Morgan fingerprint density at radius 1 is 1.39 bits per heavy atom. The number of benzene rings is 1. The zero-order valence-corrected chi connectivity index (χ0v) is 9.52. The van der Waals surface area contributed by atoms with Crippen molar-refractivity contribution in [3.05, 3.63) is 29.3 Å². The first-order chi connectivity index (χ1) is 8.16.